The van der Waals surface area contributed by atoms with Crippen molar-refractivity contribution in [1.82, 2.24) is 9.88 Å². The van der Waals surface area contributed by atoms with Gasteiger partial charge in [0.25, 0.3) is 10.0 Å². The fraction of sp³-hybridized carbons (Fsp3) is 0.318. The van der Waals surface area contributed by atoms with Crippen LogP contribution in [0.25, 0.3) is 11.3 Å². The van der Waals surface area contributed by atoms with Gasteiger partial charge in [-0.2, -0.15) is 0 Å². The van der Waals surface area contributed by atoms with E-state index in [1.165, 1.54) is 18.4 Å². The standard InChI is InChI=1S/C22H25N3O3S/c1-2-12-25-13-11-19(15-25)17-3-7-20(8-4-17)24-29(26,27)21-9-5-18(6-10-21)22-14-23-16-28-22/h3-10,14,16,19,24H,2,11-13,15H2,1H3. The van der Waals surface area contributed by atoms with Gasteiger partial charge in [0, 0.05) is 17.8 Å². The lowest BCUT2D eigenvalue weighted by Crippen LogP contribution is -2.20. The Morgan fingerprint density at radius 1 is 1.14 bits per heavy atom. The van der Waals surface area contributed by atoms with E-state index in [0.717, 1.165) is 31.6 Å². The molecular formula is C22H25N3O3S. The van der Waals surface area contributed by atoms with Crippen LogP contribution in [0, 0.1) is 0 Å². The van der Waals surface area contributed by atoms with Gasteiger partial charge >= 0.3 is 0 Å². The van der Waals surface area contributed by atoms with Crippen LogP contribution in [0.4, 0.5) is 5.69 Å². The van der Waals surface area contributed by atoms with Gasteiger partial charge in [0.1, 0.15) is 0 Å². The van der Waals surface area contributed by atoms with E-state index in [4.69, 9.17) is 4.42 Å². The number of anilines is 1. The van der Waals surface area contributed by atoms with E-state index < -0.39 is 10.0 Å². The molecule has 2 heterocycles. The predicted molar refractivity (Wildman–Crippen MR) is 113 cm³/mol. The molecule has 29 heavy (non-hydrogen) atoms. The monoisotopic (exact) mass is 411 g/mol. The molecule has 1 fully saturated rings. The van der Waals surface area contributed by atoms with Gasteiger partial charge < -0.3 is 9.32 Å². The minimum absolute atomic E-state index is 0.204. The zero-order valence-electron chi connectivity index (χ0n) is 16.4. The maximum Gasteiger partial charge on any atom is 0.261 e. The summed E-state index contributed by atoms with van der Waals surface area (Å²) in [5.74, 6) is 1.12. The van der Waals surface area contributed by atoms with Crippen LogP contribution >= 0.6 is 0 Å². The zero-order valence-corrected chi connectivity index (χ0v) is 17.2. The van der Waals surface area contributed by atoms with E-state index >= 15 is 0 Å². The van der Waals surface area contributed by atoms with E-state index in [-0.39, 0.29) is 4.90 Å². The molecule has 6 nitrogen and oxygen atoms in total. The third kappa shape index (κ3) is 4.52. The molecule has 0 aliphatic carbocycles. The van der Waals surface area contributed by atoms with Crippen molar-refractivity contribution in [3.05, 3.63) is 66.7 Å². The minimum Gasteiger partial charge on any atom is -0.444 e. The largest absolute Gasteiger partial charge is 0.444 e. The highest BCUT2D eigenvalue weighted by molar-refractivity contribution is 7.92. The Morgan fingerprint density at radius 2 is 1.90 bits per heavy atom. The molecule has 0 spiro atoms. The summed E-state index contributed by atoms with van der Waals surface area (Å²) in [6.07, 6.45) is 5.27. The fourth-order valence-corrected chi connectivity index (χ4v) is 4.88. The van der Waals surface area contributed by atoms with E-state index in [2.05, 4.69) is 21.5 Å². The van der Waals surface area contributed by atoms with Crippen LogP contribution in [0.1, 0.15) is 31.2 Å². The third-order valence-electron chi connectivity index (χ3n) is 5.33. The van der Waals surface area contributed by atoms with Gasteiger partial charge in [0.15, 0.2) is 12.2 Å². The van der Waals surface area contributed by atoms with Gasteiger partial charge in [-0.1, -0.05) is 19.1 Å². The number of aromatic nitrogens is 1. The number of nitrogens with one attached hydrogen (secondary N) is 1. The van der Waals surface area contributed by atoms with Gasteiger partial charge in [-0.25, -0.2) is 13.4 Å². The second-order valence-corrected chi connectivity index (χ2v) is 9.09. The Kier molecular flexibility index (Phi) is 5.69. The van der Waals surface area contributed by atoms with Gasteiger partial charge in [-0.3, -0.25) is 4.72 Å². The molecule has 0 radical (unpaired) electrons. The molecule has 1 aromatic heterocycles. The molecule has 1 N–H and O–H groups in total. The highest BCUT2D eigenvalue weighted by Crippen LogP contribution is 2.29. The maximum absolute atomic E-state index is 12.7. The van der Waals surface area contributed by atoms with Gasteiger partial charge in [0.05, 0.1) is 11.1 Å². The summed E-state index contributed by atoms with van der Waals surface area (Å²) >= 11 is 0. The summed E-state index contributed by atoms with van der Waals surface area (Å²) in [5, 5.41) is 0. The molecule has 2 aromatic carbocycles. The van der Waals surface area contributed by atoms with Crippen molar-refractivity contribution in [1.29, 1.82) is 0 Å². The Morgan fingerprint density at radius 3 is 2.55 bits per heavy atom. The Hall–Kier alpha value is -2.64. The topological polar surface area (TPSA) is 75.4 Å². The summed E-state index contributed by atoms with van der Waals surface area (Å²) in [4.78, 5) is 6.57. The summed E-state index contributed by atoms with van der Waals surface area (Å²) in [5.41, 5.74) is 2.61. The SMILES string of the molecule is CCCN1CCC(c2ccc(NS(=O)(=O)c3ccc(-c4cnco4)cc3)cc2)C1. The first kappa shape index (κ1) is 19.7. The van der Waals surface area contributed by atoms with Crippen LogP contribution in [0.5, 0.6) is 0 Å². The number of sulfonamides is 1. The summed E-state index contributed by atoms with van der Waals surface area (Å²) < 4.78 is 33.3. The first-order valence-corrected chi connectivity index (χ1v) is 11.4. The molecule has 3 aromatic rings. The van der Waals surface area contributed by atoms with Crippen LogP contribution in [0.2, 0.25) is 0 Å². The average Bonchev–Trinajstić information content (AvgIpc) is 3.41. The molecule has 4 rings (SSSR count). The quantitative estimate of drug-likeness (QED) is 0.626. The number of benzene rings is 2. The fourth-order valence-electron chi connectivity index (χ4n) is 3.82. The number of hydrogen-bond donors (Lipinski definition) is 1. The zero-order chi connectivity index (χ0) is 20.3. The molecule has 0 amide bonds. The molecule has 7 heteroatoms. The molecule has 1 saturated heterocycles. The highest BCUT2D eigenvalue weighted by Gasteiger charge is 2.23. The van der Waals surface area contributed by atoms with Crippen molar-refractivity contribution in [2.24, 2.45) is 0 Å². The summed E-state index contributed by atoms with van der Waals surface area (Å²) in [7, 11) is -3.65. The van der Waals surface area contributed by atoms with Gasteiger partial charge in [0.2, 0.25) is 0 Å². The van der Waals surface area contributed by atoms with E-state index in [0.29, 0.717) is 17.4 Å². The van der Waals surface area contributed by atoms with Gasteiger partial charge in [-0.05, 0) is 73.8 Å². The lowest BCUT2D eigenvalue weighted by Gasteiger charge is -2.15. The lowest BCUT2D eigenvalue weighted by molar-refractivity contribution is 0.335. The second-order valence-electron chi connectivity index (χ2n) is 7.40. The van der Waals surface area contributed by atoms with Crippen molar-refractivity contribution in [2.75, 3.05) is 24.4 Å². The Labute approximate surface area is 171 Å². The number of nitrogens with zero attached hydrogens (tertiary/aromatic N) is 2. The third-order valence-corrected chi connectivity index (χ3v) is 6.73. The van der Waals surface area contributed by atoms with Crippen molar-refractivity contribution in [3.8, 4) is 11.3 Å². The lowest BCUT2D eigenvalue weighted by atomic mass is 9.98. The average molecular weight is 412 g/mol. The number of oxazole rings is 1. The van der Waals surface area contributed by atoms with Crippen LogP contribution in [-0.2, 0) is 10.0 Å². The number of hydrogen-bond acceptors (Lipinski definition) is 5. The van der Waals surface area contributed by atoms with Gasteiger partial charge in [-0.15, -0.1) is 0 Å². The summed E-state index contributed by atoms with van der Waals surface area (Å²) in [6, 6.07) is 14.3. The maximum atomic E-state index is 12.7. The van der Waals surface area contributed by atoms with Crippen LogP contribution < -0.4 is 4.72 Å². The molecule has 1 aliphatic heterocycles. The molecule has 1 aliphatic rings. The second kappa shape index (κ2) is 8.39. The predicted octanol–water partition coefficient (Wildman–Crippen LogP) is 4.34. The van der Waals surface area contributed by atoms with E-state index in [1.54, 1.807) is 30.5 Å². The first-order valence-electron chi connectivity index (χ1n) is 9.89. The Balaban J connectivity index is 1.43. The van der Waals surface area contributed by atoms with Crippen molar-refractivity contribution >= 4 is 15.7 Å². The van der Waals surface area contributed by atoms with Crippen LogP contribution in [-0.4, -0.2) is 37.9 Å². The molecule has 0 saturated carbocycles. The molecule has 152 valence electrons. The van der Waals surface area contributed by atoms with E-state index in [1.807, 2.05) is 24.3 Å². The highest BCUT2D eigenvalue weighted by atomic mass is 32.2. The first-order chi connectivity index (χ1) is 14.0. The molecule has 1 unspecified atom stereocenters. The minimum atomic E-state index is -3.65. The van der Waals surface area contributed by atoms with E-state index in [9.17, 15) is 8.42 Å². The van der Waals surface area contributed by atoms with Crippen molar-refractivity contribution in [2.45, 2.75) is 30.6 Å². The number of rotatable bonds is 7. The molecule has 0 bridgehead atoms. The number of likely N-dealkylation sites (tertiary alicyclic amines) is 1. The Bertz CT molecular complexity index is 1030. The summed E-state index contributed by atoms with van der Waals surface area (Å²) in [6.45, 7) is 5.56. The van der Waals surface area contributed by atoms with Crippen molar-refractivity contribution < 1.29 is 12.8 Å². The molecular weight excluding hydrogens is 386 g/mol. The smallest absolute Gasteiger partial charge is 0.261 e. The van der Waals surface area contributed by atoms with Crippen LogP contribution in [0.3, 0.4) is 0 Å². The van der Waals surface area contributed by atoms with Crippen molar-refractivity contribution in [3.63, 3.8) is 0 Å². The normalized spacial score (nSPS) is 17.5. The molecule has 1 atom stereocenters. The van der Waals surface area contributed by atoms with Crippen LogP contribution in [0.15, 0.2) is 70.4 Å².